The van der Waals surface area contributed by atoms with Crippen LogP contribution in [-0.4, -0.2) is 10.8 Å². The fraction of sp³-hybridized carbons (Fsp3) is 0.250. The Morgan fingerprint density at radius 1 is 1.00 bits per heavy atom. The van der Waals surface area contributed by atoms with E-state index < -0.39 is 0 Å². The third-order valence-electron chi connectivity index (χ3n) is 4.50. The molecule has 3 rings (SSSR count). The molecule has 0 unspecified atom stereocenters. The van der Waals surface area contributed by atoms with Crippen LogP contribution in [0, 0.1) is 20.8 Å². The number of aryl methyl sites for hydroxylation is 2. The third-order valence-corrected chi connectivity index (χ3v) is 4.50. The third kappa shape index (κ3) is 2.35. The number of aliphatic imine (C=N–C) groups is 1. The largest absolute Gasteiger partial charge is 0.344 e. The van der Waals surface area contributed by atoms with E-state index in [0.29, 0.717) is 0 Å². The van der Waals surface area contributed by atoms with Crippen molar-refractivity contribution in [2.75, 3.05) is 0 Å². The maximum atomic E-state index is 4.76. The van der Waals surface area contributed by atoms with Crippen LogP contribution in [0.5, 0.6) is 0 Å². The predicted octanol–water partition coefficient (Wildman–Crippen LogP) is 5.34. The summed E-state index contributed by atoms with van der Waals surface area (Å²) in [5.41, 5.74) is 7.35. The lowest BCUT2D eigenvalue weighted by Crippen LogP contribution is -1.97. The van der Waals surface area contributed by atoms with E-state index in [-0.39, 0.29) is 0 Å². The summed E-state index contributed by atoms with van der Waals surface area (Å²) in [5.74, 6) is 0. The summed E-state index contributed by atoms with van der Waals surface area (Å²) in [6.45, 7) is 9.59. The predicted molar refractivity (Wildman–Crippen MR) is 95.5 cm³/mol. The smallest absolute Gasteiger partial charge is 0.0661 e. The van der Waals surface area contributed by atoms with Gasteiger partial charge in [0.05, 0.1) is 5.69 Å². The molecule has 1 aromatic heterocycles. The molecule has 22 heavy (non-hydrogen) atoms. The first-order valence-corrected chi connectivity index (χ1v) is 7.81. The van der Waals surface area contributed by atoms with Crippen molar-refractivity contribution in [2.45, 2.75) is 34.2 Å². The van der Waals surface area contributed by atoms with Crippen LogP contribution >= 0.6 is 0 Å². The van der Waals surface area contributed by atoms with Crippen molar-refractivity contribution in [1.29, 1.82) is 0 Å². The number of fused-ring (bicyclic) bond motifs is 1. The van der Waals surface area contributed by atoms with Gasteiger partial charge in [0.25, 0.3) is 0 Å². The molecule has 0 aliphatic heterocycles. The standard InChI is InChI=1S/C20H22N2/c1-5-22-16(4)18(17-10-6-7-12-20(17)22)13-21-19-11-8-9-14(2)15(19)3/h6-13H,5H2,1-4H3. The summed E-state index contributed by atoms with van der Waals surface area (Å²) >= 11 is 0. The molecule has 0 amide bonds. The average Bonchev–Trinajstić information content (AvgIpc) is 2.80. The van der Waals surface area contributed by atoms with Gasteiger partial charge in [0.1, 0.15) is 0 Å². The van der Waals surface area contributed by atoms with Crippen LogP contribution in [0.15, 0.2) is 47.5 Å². The number of rotatable bonds is 3. The maximum Gasteiger partial charge on any atom is 0.0661 e. The van der Waals surface area contributed by atoms with Crippen molar-refractivity contribution >= 4 is 22.8 Å². The molecular weight excluding hydrogens is 268 g/mol. The van der Waals surface area contributed by atoms with Crippen LogP contribution in [0.4, 0.5) is 5.69 Å². The highest BCUT2D eigenvalue weighted by molar-refractivity contribution is 6.01. The zero-order chi connectivity index (χ0) is 15.7. The zero-order valence-electron chi connectivity index (χ0n) is 13.7. The lowest BCUT2D eigenvalue weighted by Gasteiger charge is -2.04. The van der Waals surface area contributed by atoms with Gasteiger partial charge in [0, 0.05) is 34.9 Å². The Morgan fingerprint density at radius 2 is 1.77 bits per heavy atom. The van der Waals surface area contributed by atoms with E-state index in [0.717, 1.165) is 12.2 Å². The molecule has 0 fully saturated rings. The van der Waals surface area contributed by atoms with E-state index in [9.17, 15) is 0 Å². The minimum atomic E-state index is 0.976. The molecule has 0 atom stereocenters. The first kappa shape index (κ1) is 14.6. The van der Waals surface area contributed by atoms with Gasteiger partial charge in [-0.2, -0.15) is 0 Å². The lowest BCUT2D eigenvalue weighted by atomic mass is 10.1. The molecule has 0 spiro atoms. The monoisotopic (exact) mass is 290 g/mol. The van der Waals surface area contributed by atoms with Gasteiger partial charge in [-0.15, -0.1) is 0 Å². The number of hydrogen-bond donors (Lipinski definition) is 0. The molecule has 0 aliphatic rings. The first-order valence-electron chi connectivity index (χ1n) is 7.81. The summed E-state index contributed by atoms with van der Waals surface area (Å²) in [4.78, 5) is 4.76. The minimum Gasteiger partial charge on any atom is -0.344 e. The maximum absolute atomic E-state index is 4.76. The van der Waals surface area contributed by atoms with Crippen LogP contribution in [0.25, 0.3) is 10.9 Å². The van der Waals surface area contributed by atoms with Gasteiger partial charge in [-0.1, -0.05) is 30.3 Å². The zero-order valence-corrected chi connectivity index (χ0v) is 13.7. The highest BCUT2D eigenvalue weighted by Crippen LogP contribution is 2.26. The van der Waals surface area contributed by atoms with Crippen LogP contribution in [-0.2, 0) is 6.54 Å². The molecule has 2 aromatic carbocycles. The summed E-state index contributed by atoms with van der Waals surface area (Å²) < 4.78 is 2.35. The van der Waals surface area contributed by atoms with Crippen LogP contribution in [0.2, 0.25) is 0 Å². The Morgan fingerprint density at radius 3 is 2.55 bits per heavy atom. The molecule has 3 aromatic rings. The first-order chi connectivity index (χ1) is 10.6. The Labute approximate surface area is 132 Å². The molecule has 0 saturated heterocycles. The Hall–Kier alpha value is -2.35. The molecule has 0 radical (unpaired) electrons. The van der Waals surface area contributed by atoms with Gasteiger partial charge in [-0.25, -0.2) is 0 Å². The van der Waals surface area contributed by atoms with Crippen molar-refractivity contribution in [3.05, 3.63) is 64.8 Å². The molecular formula is C20H22N2. The van der Waals surface area contributed by atoms with Gasteiger partial charge in [-0.05, 0) is 51.0 Å². The van der Waals surface area contributed by atoms with Crippen molar-refractivity contribution in [2.24, 2.45) is 4.99 Å². The molecule has 2 nitrogen and oxygen atoms in total. The normalized spacial score (nSPS) is 11.6. The van der Waals surface area contributed by atoms with Crippen molar-refractivity contribution in [3.63, 3.8) is 0 Å². The minimum absolute atomic E-state index is 0.976. The Kier molecular flexibility index (Phi) is 3.84. The second-order valence-electron chi connectivity index (χ2n) is 5.74. The quantitative estimate of drug-likeness (QED) is 0.580. The Balaban J connectivity index is 2.13. The fourth-order valence-electron chi connectivity index (χ4n) is 3.04. The molecule has 2 heteroatoms. The van der Waals surface area contributed by atoms with Gasteiger partial charge >= 0.3 is 0 Å². The number of para-hydroxylation sites is 1. The molecule has 0 bridgehead atoms. The van der Waals surface area contributed by atoms with E-state index in [4.69, 9.17) is 4.99 Å². The highest BCUT2D eigenvalue weighted by Gasteiger charge is 2.10. The fourth-order valence-corrected chi connectivity index (χ4v) is 3.04. The van der Waals surface area contributed by atoms with E-state index in [1.54, 1.807) is 0 Å². The summed E-state index contributed by atoms with van der Waals surface area (Å²) in [6, 6.07) is 14.8. The van der Waals surface area contributed by atoms with E-state index in [1.807, 2.05) is 6.21 Å². The van der Waals surface area contributed by atoms with E-state index in [2.05, 4.69) is 74.7 Å². The van der Waals surface area contributed by atoms with Crippen molar-refractivity contribution in [3.8, 4) is 0 Å². The van der Waals surface area contributed by atoms with Gasteiger partial charge < -0.3 is 4.57 Å². The number of benzene rings is 2. The van der Waals surface area contributed by atoms with Crippen LogP contribution < -0.4 is 0 Å². The Bertz CT molecular complexity index is 854. The van der Waals surface area contributed by atoms with Crippen LogP contribution in [0.1, 0.15) is 29.3 Å². The molecule has 0 aliphatic carbocycles. The highest BCUT2D eigenvalue weighted by atomic mass is 15.0. The van der Waals surface area contributed by atoms with E-state index >= 15 is 0 Å². The SMILES string of the molecule is CCn1c(C)c(C=Nc2cccc(C)c2C)c2ccccc21. The summed E-state index contributed by atoms with van der Waals surface area (Å²) in [7, 11) is 0. The van der Waals surface area contributed by atoms with Crippen molar-refractivity contribution in [1.82, 2.24) is 4.57 Å². The summed E-state index contributed by atoms with van der Waals surface area (Å²) in [6.07, 6.45) is 2.02. The van der Waals surface area contributed by atoms with Gasteiger partial charge in [0.15, 0.2) is 0 Å². The number of hydrogen-bond acceptors (Lipinski definition) is 1. The topological polar surface area (TPSA) is 17.3 Å². The number of aromatic nitrogens is 1. The number of nitrogens with zero attached hydrogens (tertiary/aromatic N) is 2. The second kappa shape index (κ2) is 5.80. The molecule has 1 heterocycles. The second-order valence-corrected chi connectivity index (χ2v) is 5.74. The van der Waals surface area contributed by atoms with Gasteiger partial charge in [-0.3, -0.25) is 4.99 Å². The molecule has 0 N–H and O–H groups in total. The molecule has 0 saturated carbocycles. The van der Waals surface area contributed by atoms with Gasteiger partial charge in [0.2, 0.25) is 0 Å². The van der Waals surface area contributed by atoms with E-state index in [1.165, 1.54) is 33.3 Å². The lowest BCUT2D eigenvalue weighted by molar-refractivity contribution is 0.769. The molecule has 112 valence electrons. The van der Waals surface area contributed by atoms with Crippen molar-refractivity contribution < 1.29 is 0 Å². The average molecular weight is 290 g/mol. The summed E-state index contributed by atoms with van der Waals surface area (Å²) in [5, 5.41) is 1.27. The van der Waals surface area contributed by atoms with Crippen LogP contribution in [0.3, 0.4) is 0 Å².